The number of anilines is 1. The van der Waals surface area contributed by atoms with Crippen LogP contribution in [-0.4, -0.2) is 16.8 Å². The van der Waals surface area contributed by atoms with Crippen molar-refractivity contribution in [1.29, 1.82) is 0 Å². The van der Waals surface area contributed by atoms with Gasteiger partial charge in [-0.1, -0.05) is 24.3 Å². The average molecular weight is 387 g/mol. The summed E-state index contributed by atoms with van der Waals surface area (Å²) < 4.78 is 5.76. The Balaban J connectivity index is 1.41. The molecule has 1 fully saturated rings. The van der Waals surface area contributed by atoms with Gasteiger partial charge in [-0.3, -0.25) is 9.59 Å². The summed E-state index contributed by atoms with van der Waals surface area (Å²) in [4.78, 5) is 28.2. The summed E-state index contributed by atoms with van der Waals surface area (Å²) in [5.41, 5.74) is 3.03. The molecule has 6 heteroatoms. The predicted molar refractivity (Wildman–Crippen MR) is 110 cm³/mol. The van der Waals surface area contributed by atoms with Crippen molar-refractivity contribution in [1.82, 2.24) is 10.3 Å². The highest BCUT2D eigenvalue weighted by Gasteiger charge is 2.22. The summed E-state index contributed by atoms with van der Waals surface area (Å²) >= 11 is 0. The molecule has 3 aromatic rings. The molecule has 1 aliphatic heterocycles. The second-order valence-electron chi connectivity index (χ2n) is 7.04. The van der Waals surface area contributed by atoms with E-state index in [4.69, 9.17) is 4.74 Å². The number of nitrogens with zero attached hydrogens (tertiary/aromatic N) is 1. The molecule has 0 bridgehead atoms. The first-order valence-corrected chi connectivity index (χ1v) is 9.48. The van der Waals surface area contributed by atoms with Crippen molar-refractivity contribution in [3.63, 3.8) is 0 Å². The summed E-state index contributed by atoms with van der Waals surface area (Å²) in [6, 6.07) is 18.6. The highest BCUT2D eigenvalue weighted by molar-refractivity contribution is 6.02. The van der Waals surface area contributed by atoms with E-state index in [1.54, 1.807) is 12.1 Å². The number of nitrogens with one attached hydrogen (secondary N) is 2. The van der Waals surface area contributed by atoms with Gasteiger partial charge in [-0.2, -0.15) is 0 Å². The van der Waals surface area contributed by atoms with Crippen LogP contribution in [0.15, 0.2) is 66.9 Å². The monoisotopic (exact) mass is 387 g/mol. The van der Waals surface area contributed by atoms with Gasteiger partial charge in [0, 0.05) is 12.1 Å². The smallest absolute Gasteiger partial charge is 0.274 e. The fourth-order valence-corrected chi connectivity index (χ4v) is 3.28. The van der Waals surface area contributed by atoms with Gasteiger partial charge >= 0.3 is 0 Å². The molecule has 146 valence electrons. The lowest BCUT2D eigenvalue weighted by Gasteiger charge is -2.12. The van der Waals surface area contributed by atoms with E-state index in [0.29, 0.717) is 23.6 Å². The fraction of sp³-hybridized carbons (Fsp3) is 0.174. The first kappa shape index (κ1) is 18.7. The molecule has 2 amide bonds. The summed E-state index contributed by atoms with van der Waals surface area (Å²) in [5, 5.41) is 5.79. The van der Waals surface area contributed by atoms with Crippen LogP contribution >= 0.6 is 0 Å². The quantitative estimate of drug-likeness (QED) is 0.681. The summed E-state index contributed by atoms with van der Waals surface area (Å²) in [6.45, 7) is 1.99. The molecule has 1 aromatic heterocycles. The number of pyridine rings is 1. The molecule has 29 heavy (non-hydrogen) atoms. The lowest BCUT2D eigenvalue weighted by molar-refractivity contribution is -0.119. The Bertz CT molecular complexity index is 1050. The second-order valence-corrected chi connectivity index (χ2v) is 7.04. The molecular formula is C23H21N3O3. The number of carbonyl (C=O) groups is 2. The van der Waals surface area contributed by atoms with Crippen molar-refractivity contribution in [3.8, 4) is 11.5 Å². The van der Waals surface area contributed by atoms with E-state index in [1.165, 1.54) is 6.20 Å². The van der Waals surface area contributed by atoms with Gasteiger partial charge in [0.25, 0.3) is 5.91 Å². The van der Waals surface area contributed by atoms with Crippen molar-refractivity contribution in [2.45, 2.75) is 25.8 Å². The van der Waals surface area contributed by atoms with Gasteiger partial charge < -0.3 is 15.4 Å². The summed E-state index contributed by atoms with van der Waals surface area (Å²) in [7, 11) is 0. The molecule has 1 saturated heterocycles. The Morgan fingerprint density at radius 2 is 1.97 bits per heavy atom. The van der Waals surface area contributed by atoms with Crippen LogP contribution in [0.3, 0.4) is 0 Å². The molecule has 6 nitrogen and oxygen atoms in total. The minimum Gasteiger partial charge on any atom is -0.456 e. The van der Waals surface area contributed by atoms with E-state index >= 15 is 0 Å². The van der Waals surface area contributed by atoms with E-state index in [1.807, 2.05) is 55.5 Å². The molecule has 1 atom stereocenters. The number of aromatic nitrogens is 1. The Morgan fingerprint density at radius 1 is 1.10 bits per heavy atom. The highest BCUT2D eigenvalue weighted by atomic mass is 16.5. The van der Waals surface area contributed by atoms with Crippen molar-refractivity contribution in [2.75, 3.05) is 5.32 Å². The number of carbonyl (C=O) groups excluding carboxylic acids is 2. The molecule has 0 saturated carbocycles. The van der Waals surface area contributed by atoms with E-state index in [-0.39, 0.29) is 17.9 Å². The average Bonchev–Trinajstić information content (AvgIpc) is 3.15. The van der Waals surface area contributed by atoms with Gasteiger partial charge in [-0.15, -0.1) is 0 Å². The minimum absolute atomic E-state index is 0.00414. The number of rotatable bonds is 5. The minimum atomic E-state index is -0.306. The van der Waals surface area contributed by atoms with Crippen molar-refractivity contribution >= 4 is 17.5 Å². The number of benzene rings is 2. The molecule has 2 heterocycles. The van der Waals surface area contributed by atoms with E-state index in [2.05, 4.69) is 15.6 Å². The summed E-state index contributed by atoms with van der Waals surface area (Å²) in [5.74, 6) is 1.03. The van der Waals surface area contributed by atoms with Crippen LogP contribution in [0.1, 0.15) is 40.5 Å². The van der Waals surface area contributed by atoms with E-state index in [9.17, 15) is 9.59 Å². The maximum absolute atomic E-state index is 12.5. The SMILES string of the molecule is Cc1cccc(Oc2ccc(C(=O)Nc3cccc(C4CCC(=O)N4)c3)nc2)c1. The Labute approximate surface area is 168 Å². The zero-order valence-corrected chi connectivity index (χ0v) is 16.0. The normalized spacial score (nSPS) is 15.6. The molecule has 0 spiro atoms. The molecule has 0 radical (unpaired) electrons. The predicted octanol–water partition coefficient (Wildman–Crippen LogP) is 4.39. The third kappa shape index (κ3) is 4.60. The maximum Gasteiger partial charge on any atom is 0.274 e. The fourth-order valence-electron chi connectivity index (χ4n) is 3.28. The molecule has 1 unspecified atom stereocenters. The molecular weight excluding hydrogens is 366 g/mol. The zero-order chi connectivity index (χ0) is 20.2. The Morgan fingerprint density at radius 3 is 2.69 bits per heavy atom. The zero-order valence-electron chi connectivity index (χ0n) is 16.0. The van der Waals surface area contributed by atoms with Gasteiger partial charge in [0.05, 0.1) is 12.2 Å². The van der Waals surface area contributed by atoms with Crippen LogP contribution in [0.4, 0.5) is 5.69 Å². The first-order chi connectivity index (χ1) is 14.1. The third-order valence-corrected chi connectivity index (χ3v) is 4.74. The molecule has 4 rings (SSSR count). The van der Waals surface area contributed by atoms with E-state index < -0.39 is 0 Å². The van der Waals surface area contributed by atoms with Gasteiger partial charge in [-0.05, 0) is 60.9 Å². The maximum atomic E-state index is 12.5. The molecule has 2 aromatic carbocycles. The van der Waals surface area contributed by atoms with Gasteiger partial charge in [0.1, 0.15) is 17.2 Å². The van der Waals surface area contributed by atoms with Crippen molar-refractivity contribution < 1.29 is 14.3 Å². The van der Waals surface area contributed by atoms with Gasteiger partial charge in [-0.25, -0.2) is 4.98 Å². The van der Waals surface area contributed by atoms with Gasteiger partial charge in [0.15, 0.2) is 0 Å². The number of hydrogen-bond donors (Lipinski definition) is 2. The van der Waals surface area contributed by atoms with Crippen LogP contribution < -0.4 is 15.4 Å². The lowest BCUT2D eigenvalue weighted by Crippen LogP contribution is -2.18. The van der Waals surface area contributed by atoms with Crippen LogP contribution in [0, 0.1) is 6.92 Å². The van der Waals surface area contributed by atoms with Crippen LogP contribution in [0.5, 0.6) is 11.5 Å². The van der Waals surface area contributed by atoms with Crippen LogP contribution in [0.25, 0.3) is 0 Å². The molecule has 2 N–H and O–H groups in total. The number of ether oxygens (including phenoxy) is 1. The summed E-state index contributed by atoms with van der Waals surface area (Å²) in [6.07, 6.45) is 2.82. The van der Waals surface area contributed by atoms with Gasteiger partial charge in [0.2, 0.25) is 5.91 Å². The van der Waals surface area contributed by atoms with Crippen molar-refractivity contribution in [2.24, 2.45) is 0 Å². The third-order valence-electron chi connectivity index (χ3n) is 4.74. The van der Waals surface area contributed by atoms with E-state index in [0.717, 1.165) is 23.3 Å². The van der Waals surface area contributed by atoms with Crippen LogP contribution in [0.2, 0.25) is 0 Å². The number of hydrogen-bond acceptors (Lipinski definition) is 4. The Hall–Kier alpha value is -3.67. The Kier molecular flexibility index (Phi) is 5.24. The lowest BCUT2D eigenvalue weighted by atomic mass is 10.0. The number of aryl methyl sites for hydroxylation is 1. The van der Waals surface area contributed by atoms with Crippen LogP contribution in [-0.2, 0) is 4.79 Å². The largest absolute Gasteiger partial charge is 0.456 e. The van der Waals surface area contributed by atoms with Crippen molar-refractivity contribution in [3.05, 3.63) is 83.7 Å². The highest BCUT2D eigenvalue weighted by Crippen LogP contribution is 2.26. The second kappa shape index (κ2) is 8.14. The molecule has 1 aliphatic rings. The molecule has 0 aliphatic carbocycles. The topological polar surface area (TPSA) is 80.3 Å². The number of amides is 2. The standard InChI is InChI=1S/C23H21N3O3/c1-15-4-2-7-18(12-15)29-19-8-9-21(24-14-19)23(28)25-17-6-3-5-16(13-17)20-10-11-22(27)26-20/h2-9,12-14,20H,10-11H2,1H3,(H,25,28)(H,26,27). The first-order valence-electron chi connectivity index (χ1n) is 9.48.